The zero-order valence-corrected chi connectivity index (χ0v) is 11.1. The molecule has 0 saturated heterocycles. The van der Waals surface area contributed by atoms with Gasteiger partial charge in [-0.2, -0.15) is 0 Å². The van der Waals surface area contributed by atoms with E-state index in [4.69, 9.17) is 10.8 Å². The zero-order chi connectivity index (χ0) is 14.5. The summed E-state index contributed by atoms with van der Waals surface area (Å²) in [5, 5.41) is 18.6. The SMILES string of the molecule is CCC(C)(CN)C(=O)NCCn1cc(C(=O)O)nn1. The van der Waals surface area contributed by atoms with Crippen LogP contribution >= 0.6 is 0 Å². The van der Waals surface area contributed by atoms with E-state index in [2.05, 4.69) is 15.6 Å². The van der Waals surface area contributed by atoms with E-state index >= 15 is 0 Å². The van der Waals surface area contributed by atoms with Crippen molar-refractivity contribution in [1.82, 2.24) is 20.3 Å². The van der Waals surface area contributed by atoms with Crippen molar-refractivity contribution in [3.05, 3.63) is 11.9 Å². The van der Waals surface area contributed by atoms with Crippen LogP contribution in [0, 0.1) is 5.41 Å². The summed E-state index contributed by atoms with van der Waals surface area (Å²) in [7, 11) is 0. The summed E-state index contributed by atoms with van der Waals surface area (Å²) in [6, 6.07) is 0. The van der Waals surface area contributed by atoms with Crippen molar-refractivity contribution in [2.45, 2.75) is 26.8 Å². The Kier molecular flexibility index (Phi) is 4.99. The van der Waals surface area contributed by atoms with Crippen LogP contribution in [0.2, 0.25) is 0 Å². The Labute approximate surface area is 111 Å². The van der Waals surface area contributed by atoms with Crippen LogP contribution in [0.5, 0.6) is 0 Å². The largest absolute Gasteiger partial charge is 0.476 e. The molecule has 0 aliphatic heterocycles. The van der Waals surface area contributed by atoms with Gasteiger partial charge in [0, 0.05) is 13.1 Å². The zero-order valence-electron chi connectivity index (χ0n) is 11.1. The van der Waals surface area contributed by atoms with Crippen molar-refractivity contribution < 1.29 is 14.7 Å². The molecule has 1 amide bonds. The number of nitrogens with one attached hydrogen (secondary N) is 1. The summed E-state index contributed by atoms with van der Waals surface area (Å²) in [5.41, 5.74) is 4.89. The fourth-order valence-electron chi connectivity index (χ4n) is 1.40. The molecule has 8 heteroatoms. The summed E-state index contributed by atoms with van der Waals surface area (Å²) < 4.78 is 1.37. The van der Waals surface area contributed by atoms with E-state index in [9.17, 15) is 9.59 Å². The topological polar surface area (TPSA) is 123 Å². The van der Waals surface area contributed by atoms with Crippen LogP contribution in [0.25, 0.3) is 0 Å². The first-order valence-corrected chi connectivity index (χ1v) is 6.04. The van der Waals surface area contributed by atoms with Crippen LogP contribution in [0.4, 0.5) is 0 Å². The lowest BCUT2D eigenvalue weighted by atomic mass is 9.87. The maximum atomic E-state index is 11.9. The van der Waals surface area contributed by atoms with E-state index in [1.165, 1.54) is 10.9 Å². The van der Waals surface area contributed by atoms with Crippen LogP contribution < -0.4 is 11.1 Å². The van der Waals surface area contributed by atoms with Gasteiger partial charge in [-0.3, -0.25) is 4.79 Å². The highest BCUT2D eigenvalue weighted by Crippen LogP contribution is 2.18. The average Bonchev–Trinajstić information content (AvgIpc) is 2.86. The number of aromatic nitrogens is 3. The Balaban J connectivity index is 2.45. The first kappa shape index (κ1) is 15.1. The van der Waals surface area contributed by atoms with Gasteiger partial charge in [0.05, 0.1) is 18.2 Å². The number of carbonyl (C=O) groups excluding carboxylic acids is 1. The number of nitrogens with zero attached hydrogens (tertiary/aromatic N) is 3. The summed E-state index contributed by atoms with van der Waals surface area (Å²) in [4.78, 5) is 22.5. The maximum absolute atomic E-state index is 11.9. The van der Waals surface area contributed by atoms with E-state index < -0.39 is 11.4 Å². The molecule has 0 aliphatic carbocycles. The van der Waals surface area contributed by atoms with Gasteiger partial charge in [0.2, 0.25) is 5.91 Å². The van der Waals surface area contributed by atoms with Gasteiger partial charge in [-0.1, -0.05) is 12.1 Å². The number of carboxylic acid groups (broad SMARTS) is 1. The standard InChI is InChI=1S/C11H19N5O3/c1-3-11(2,7-12)10(19)13-4-5-16-6-8(9(17)18)14-15-16/h6H,3-5,7,12H2,1-2H3,(H,13,19)(H,17,18). The maximum Gasteiger partial charge on any atom is 0.358 e. The lowest BCUT2D eigenvalue weighted by Crippen LogP contribution is -2.44. The Morgan fingerprint density at radius 2 is 2.26 bits per heavy atom. The molecule has 1 unspecified atom stereocenters. The molecule has 8 nitrogen and oxygen atoms in total. The Morgan fingerprint density at radius 3 is 2.74 bits per heavy atom. The number of hydrogen-bond acceptors (Lipinski definition) is 5. The molecule has 1 atom stereocenters. The molecule has 0 bridgehead atoms. The lowest BCUT2D eigenvalue weighted by Gasteiger charge is -2.24. The minimum atomic E-state index is -1.13. The van der Waals surface area contributed by atoms with Crippen LogP contribution in [0.3, 0.4) is 0 Å². The number of hydrogen-bond donors (Lipinski definition) is 3. The molecular formula is C11H19N5O3. The van der Waals surface area contributed by atoms with Crippen molar-refractivity contribution in [2.75, 3.05) is 13.1 Å². The average molecular weight is 269 g/mol. The van der Waals surface area contributed by atoms with Gasteiger partial charge in [0.25, 0.3) is 0 Å². The smallest absolute Gasteiger partial charge is 0.358 e. The molecule has 0 aliphatic rings. The first-order chi connectivity index (χ1) is 8.92. The van der Waals surface area contributed by atoms with E-state index in [0.717, 1.165) is 0 Å². The minimum Gasteiger partial charge on any atom is -0.476 e. The molecule has 1 aromatic rings. The van der Waals surface area contributed by atoms with Crippen molar-refractivity contribution in [1.29, 1.82) is 0 Å². The molecule has 0 spiro atoms. The second-order valence-electron chi connectivity index (χ2n) is 4.55. The van der Waals surface area contributed by atoms with Gasteiger partial charge in [0.15, 0.2) is 5.69 Å². The molecule has 0 aromatic carbocycles. The van der Waals surface area contributed by atoms with Crippen LogP contribution in [0.15, 0.2) is 6.20 Å². The van der Waals surface area contributed by atoms with E-state index in [0.29, 0.717) is 19.5 Å². The van der Waals surface area contributed by atoms with Crippen LogP contribution in [-0.2, 0) is 11.3 Å². The number of carbonyl (C=O) groups is 2. The molecule has 1 heterocycles. The second-order valence-corrected chi connectivity index (χ2v) is 4.55. The molecule has 1 rings (SSSR count). The number of aromatic carboxylic acids is 1. The highest BCUT2D eigenvalue weighted by Gasteiger charge is 2.29. The minimum absolute atomic E-state index is 0.115. The number of rotatable bonds is 7. The third-order valence-electron chi connectivity index (χ3n) is 3.16. The number of carboxylic acids is 1. The molecular weight excluding hydrogens is 250 g/mol. The van der Waals surface area contributed by atoms with Crippen molar-refractivity contribution in [2.24, 2.45) is 11.1 Å². The molecule has 106 valence electrons. The fourth-order valence-corrected chi connectivity index (χ4v) is 1.40. The summed E-state index contributed by atoms with van der Waals surface area (Å²) in [5.74, 6) is -1.24. The molecule has 0 saturated carbocycles. The number of nitrogens with two attached hydrogens (primary N) is 1. The van der Waals surface area contributed by atoms with Crippen LogP contribution in [0.1, 0.15) is 30.8 Å². The molecule has 1 aromatic heterocycles. The molecule has 0 radical (unpaired) electrons. The van der Waals surface area contributed by atoms with Crippen molar-refractivity contribution in [3.63, 3.8) is 0 Å². The van der Waals surface area contributed by atoms with E-state index in [-0.39, 0.29) is 18.1 Å². The van der Waals surface area contributed by atoms with E-state index in [1.807, 2.05) is 6.92 Å². The third-order valence-corrected chi connectivity index (χ3v) is 3.16. The van der Waals surface area contributed by atoms with Crippen LogP contribution in [-0.4, -0.2) is 45.1 Å². The van der Waals surface area contributed by atoms with Crippen molar-refractivity contribution in [3.8, 4) is 0 Å². The van der Waals surface area contributed by atoms with Gasteiger partial charge in [-0.05, 0) is 13.3 Å². The lowest BCUT2D eigenvalue weighted by molar-refractivity contribution is -0.129. The summed E-state index contributed by atoms with van der Waals surface area (Å²) in [6.07, 6.45) is 1.97. The third kappa shape index (κ3) is 3.75. The Morgan fingerprint density at radius 1 is 1.58 bits per heavy atom. The van der Waals surface area contributed by atoms with Gasteiger partial charge < -0.3 is 16.2 Å². The highest BCUT2D eigenvalue weighted by molar-refractivity contribution is 5.84. The summed E-state index contributed by atoms with van der Waals surface area (Å²) >= 11 is 0. The van der Waals surface area contributed by atoms with Gasteiger partial charge in [-0.15, -0.1) is 5.10 Å². The molecule has 0 fully saturated rings. The highest BCUT2D eigenvalue weighted by atomic mass is 16.4. The predicted molar refractivity (Wildman–Crippen MR) is 67.4 cm³/mol. The van der Waals surface area contributed by atoms with Gasteiger partial charge in [0.1, 0.15) is 0 Å². The summed E-state index contributed by atoms with van der Waals surface area (Å²) in [6.45, 7) is 4.69. The van der Waals surface area contributed by atoms with Gasteiger partial charge >= 0.3 is 5.97 Å². The molecule has 4 N–H and O–H groups in total. The fraction of sp³-hybridized carbons (Fsp3) is 0.636. The molecule has 19 heavy (non-hydrogen) atoms. The normalized spacial score (nSPS) is 13.8. The monoisotopic (exact) mass is 269 g/mol. The Hall–Kier alpha value is -1.96. The quantitative estimate of drug-likeness (QED) is 0.611. The Bertz CT molecular complexity index is 453. The van der Waals surface area contributed by atoms with Crippen molar-refractivity contribution >= 4 is 11.9 Å². The predicted octanol–water partition coefficient (Wildman–Crippen LogP) is -0.532. The second kappa shape index (κ2) is 6.28. The number of amides is 1. The van der Waals surface area contributed by atoms with Gasteiger partial charge in [-0.25, -0.2) is 9.48 Å². The van der Waals surface area contributed by atoms with E-state index in [1.54, 1.807) is 6.92 Å². The first-order valence-electron chi connectivity index (χ1n) is 6.04.